The Kier molecular flexibility index (Phi) is 4.59. The molecule has 0 spiro atoms. The van der Waals surface area contributed by atoms with Gasteiger partial charge in [-0.3, -0.25) is 0 Å². The Bertz CT molecular complexity index is 445. The lowest BCUT2D eigenvalue weighted by Crippen LogP contribution is -1.77. The van der Waals surface area contributed by atoms with E-state index in [9.17, 15) is 0 Å². The van der Waals surface area contributed by atoms with Crippen LogP contribution in [0.5, 0.6) is 0 Å². The van der Waals surface area contributed by atoms with Crippen molar-refractivity contribution >= 4 is 6.08 Å². The third-order valence-corrected chi connectivity index (χ3v) is 1.76. The Morgan fingerprint density at radius 2 is 2.40 bits per heavy atom. The van der Waals surface area contributed by atoms with Crippen LogP contribution in [0.25, 0.3) is 16.5 Å². The highest BCUT2D eigenvalue weighted by Crippen LogP contribution is 2.04. The third-order valence-electron chi connectivity index (χ3n) is 1.76. The van der Waals surface area contributed by atoms with Crippen LogP contribution in [-0.2, 0) is 0 Å². The zero-order valence-electron chi connectivity index (χ0n) is 8.35. The van der Waals surface area contributed by atoms with Crippen molar-refractivity contribution in [3.8, 4) is 11.8 Å². The van der Waals surface area contributed by atoms with Crippen LogP contribution in [0.2, 0.25) is 0 Å². The molecule has 74 valence electrons. The van der Waals surface area contributed by atoms with E-state index >= 15 is 0 Å². The summed E-state index contributed by atoms with van der Waals surface area (Å²) >= 11 is 0. The Morgan fingerprint density at radius 3 is 3.13 bits per heavy atom. The van der Waals surface area contributed by atoms with Crippen molar-refractivity contribution in [1.82, 2.24) is 0 Å². The summed E-state index contributed by atoms with van der Waals surface area (Å²) in [6, 6.07) is 7.81. The SMILES string of the molecule is C=Cc1cccc(C#CCCN=[N+]=[N-])c1. The summed E-state index contributed by atoms with van der Waals surface area (Å²) in [6.45, 7) is 4.11. The molecule has 0 bridgehead atoms. The zero-order chi connectivity index (χ0) is 10.9. The van der Waals surface area contributed by atoms with Crippen LogP contribution in [0, 0.1) is 11.8 Å². The molecule has 0 amide bonds. The molecule has 0 heterocycles. The van der Waals surface area contributed by atoms with E-state index in [0.717, 1.165) is 11.1 Å². The lowest BCUT2D eigenvalue weighted by molar-refractivity contribution is 1.01. The second-order valence-corrected chi connectivity index (χ2v) is 2.84. The fraction of sp³-hybridized carbons (Fsp3) is 0.167. The lowest BCUT2D eigenvalue weighted by atomic mass is 10.1. The van der Waals surface area contributed by atoms with Crippen LogP contribution in [0.3, 0.4) is 0 Å². The molecule has 3 nitrogen and oxygen atoms in total. The van der Waals surface area contributed by atoms with Crippen molar-refractivity contribution in [2.45, 2.75) is 6.42 Å². The van der Waals surface area contributed by atoms with Crippen LogP contribution in [-0.4, -0.2) is 6.54 Å². The van der Waals surface area contributed by atoms with Gasteiger partial charge >= 0.3 is 0 Å². The molecule has 1 aromatic rings. The van der Waals surface area contributed by atoms with Gasteiger partial charge < -0.3 is 0 Å². The first-order valence-electron chi connectivity index (χ1n) is 4.59. The Morgan fingerprint density at radius 1 is 1.53 bits per heavy atom. The molecule has 0 aliphatic heterocycles. The van der Waals surface area contributed by atoms with E-state index in [0.29, 0.717) is 13.0 Å². The molecule has 0 unspecified atom stereocenters. The molecular weight excluding hydrogens is 186 g/mol. The normalized spacial score (nSPS) is 8.27. The number of nitrogens with zero attached hydrogens (tertiary/aromatic N) is 3. The molecule has 0 N–H and O–H groups in total. The highest BCUT2D eigenvalue weighted by molar-refractivity contribution is 5.51. The molecule has 0 saturated carbocycles. The van der Waals surface area contributed by atoms with Gasteiger partial charge in [-0.1, -0.05) is 41.7 Å². The molecule has 0 aliphatic rings. The van der Waals surface area contributed by atoms with Crippen LogP contribution in [0.15, 0.2) is 36.0 Å². The van der Waals surface area contributed by atoms with Gasteiger partial charge in [0.15, 0.2) is 0 Å². The monoisotopic (exact) mass is 197 g/mol. The van der Waals surface area contributed by atoms with Crippen LogP contribution >= 0.6 is 0 Å². The van der Waals surface area contributed by atoms with Gasteiger partial charge in [-0.2, -0.15) is 0 Å². The largest absolute Gasteiger partial charge is 0.0985 e. The standard InChI is InChI=1S/C12H11N3/c1-2-11-7-5-8-12(10-11)6-3-4-9-14-15-13/h2,5,7-8,10H,1,4,9H2. The average Bonchev–Trinajstić information content (AvgIpc) is 2.29. The lowest BCUT2D eigenvalue weighted by Gasteiger charge is -1.92. The summed E-state index contributed by atoms with van der Waals surface area (Å²) in [5.41, 5.74) is 10.1. The summed E-state index contributed by atoms with van der Waals surface area (Å²) in [5.74, 6) is 5.94. The second-order valence-electron chi connectivity index (χ2n) is 2.84. The van der Waals surface area contributed by atoms with Crippen molar-refractivity contribution in [2.24, 2.45) is 5.11 Å². The van der Waals surface area contributed by atoms with E-state index in [4.69, 9.17) is 5.53 Å². The van der Waals surface area contributed by atoms with Gasteiger partial charge in [-0.15, -0.1) is 0 Å². The number of hydrogen-bond acceptors (Lipinski definition) is 1. The van der Waals surface area contributed by atoms with E-state index in [1.807, 2.05) is 24.3 Å². The molecule has 0 fully saturated rings. The van der Waals surface area contributed by atoms with Crippen molar-refractivity contribution in [3.05, 3.63) is 52.4 Å². The molecule has 0 radical (unpaired) electrons. The zero-order valence-corrected chi connectivity index (χ0v) is 8.35. The van der Waals surface area contributed by atoms with Crippen molar-refractivity contribution in [1.29, 1.82) is 0 Å². The molecule has 0 aliphatic carbocycles. The number of rotatable bonds is 3. The molecular formula is C12H11N3. The number of benzene rings is 1. The van der Waals surface area contributed by atoms with Crippen molar-refractivity contribution in [2.75, 3.05) is 6.54 Å². The first-order valence-corrected chi connectivity index (χ1v) is 4.59. The predicted molar refractivity (Wildman–Crippen MR) is 62.0 cm³/mol. The van der Waals surface area contributed by atoms with Gasteiger partial charge in [0.05, 0.1) is 0 Å². The highest BCUT2D eigenvalue weighted by atomic mass is 15.1. The first-order chi connectivity index (χ1) is 7.36. The molecule has 0 aromatic heterocycles. The van der Waals surface area contributed by atoms with Gasteiger partial charge in [-0.05, 0) is 23.2 Å². The summed E-state index contributed by atoms with van der Waals surface area (Å²) in [4.78, 5) is 2.65. The summed E-state index contributed by atoms with van der Waals surface area (Å²) in [6.07, 6.45) is 2.37. The summed E-state index contributed by atoms with van der Waals surface area (Å²) in [7, 11) is 0. The number of azide groups is 1. The first kappa shape index (κ1) is 10.9. The molecule has 1 aromatic carbocycles. The van der Waals surface area contributed by atoms with E-state index in [1.165, 1.54) is 0 Å². The smallest absolute Gasteiger partial charge is 0.0367 e. The van der Waals surface area contributed by atoms with Gasteiger partial charge in [0, 0.05) is 23.4 Å². The molecule has 15 heavy (non-hydrogen) atoms. The molecule has 3 heteroatoms. The Hall–Kier alpha value is -2.17. The minimum absolute atomic E-state index is 0.421. The van der Waals surface area contributed by atoms with Crippen LogP contribution in [0.4, 0.5) is 0 Å². The Balaban J connectivity index is 2.62. The molecule has 0 atom stereocenters. The van der Waals surface area contributed by atoms with E-state index in [-0.39, 0.29) is 0 Å². The number of hydrogen-bond donors (Lipinski definition) is 0. The van der Waals surface area contributed by atoms with Crippen LogP contribution < -0.4 is 0 Å². The van der Waals surface area contributed by atoms with Crippen molar-refractivity contribution in [3.63, 3.8) is 0 Å². The maximum Gasteiger partial charge on any atom is 0.0367 e. The minimum Gasteiger partial charge on any atom is -0.0985 e. The third kappa shape index (κ3) is 4.04. The molecule has 1 rings (SSSR count). The van der Waals surface area contributed by atoms with Gasteiger partial charge in [0.25, 0.3) is 0 Å². The Labute approximate surface area is 89.1 Å². The van der Waals surface area contributed by atoms with E-state index < -0.39 is 0 Å². The highest BCUT2D eigenvalue weighted by Gasteiger charge is 1.87. The van der Waals surface area contributed by atoms with Gasteiger partial charge in [0.2, 0.25) is 0 Å². The maximum atomic E-state index is 8.05. The van der Waals surface area contributed by atoms with Crippen LogP contribution in [0.1, 0.15) is 17.5 Å². The quantitative estimate of drug-likeness (QED) is 0.234. The average molecular weight is 197 g/mol. The second kappa shape index (κ2) is 6.31. The predicted octanol–water partition coefficient (Wildman–Crippen LogP) is 3.38. The minimum atomic E-state index is 0.421. The van der Waals surface area contributed by atoms with Crippen molar-refractivity contribution < 1.29 is 0 Å². The fourth-order valence-corrected chi connectivity index (χ4v) is 1.06. The topological polar surface area (TPSA) is 48.8 Å². The molecule has 0 saturated heterocycles. The van der Waals surface area contributed by atoms with Gasteiger partial charge in [-0.25, -0.2) is 0 Å². The fourth-order valence-electron chi connectivity index (χ4n) is 1.06. The van der Waals surface area contributed by atoms with E-state index in [1.54, 1.807) is 6.08 Å². The maximum absolute atomic E-state index is 8.05. The van der Waals surface area contributed by atoms with E-state index in [2.05, 4.69) is 28.4 Å². The summed E-state index contributed by atoms with van der Waals surface area (Å²) in [5, 5.41) is 3.40. The summed E-state index contributed by atoms with van der Waals surface area (Å²) < 4.78 is 0. The van der Waals surface area contributed by atoms with Gasteiger partial charge in [0.1, 0.15) is 0 Å².